The second-order valence-electron chi connectivity index (χ2n) is 4.33. The molecule has 3 nitrogen and oxygen atoms in total. The van der Waals surface area contributed by atoms with Crippen molar-refractivity contribution in [1.82, 2.24) is 5.32 Å². The summed E-state index contributed by atoms with van der Waals surface area (Å²) in [4.78, 5) is 1.07. The fourth-order valence-electron chi connectivity index (χ4n) is 2.31. The summed E-state index contributed by atoms with van der Waals surface area (Å²) in [5, 5.41) is 6.06. The zero-order valence-electron chi connectivity index (χ0n) is 9.65. The number of sulfone groups is 1. The maximum Gasteiger partial charge on any atom is 0.150 e. The van der Waals surface area contributed by atoms with Crippen molar-refractivity contribution in [2.75, 3.05) is 18.1 Å². The van der Waals surface area contributed by atoms with E-state index in [1.807, 2.05) is 18.4 Å². The van der Waals surface area contributed by atoms with Crippen LogP contribution in [-0.4, -0.2) is 26.5 Å². The highest BCUT2D eigenvalue weighted by molar-refractivity contribution is 7.91. The SMILES string of the molecule is CCNC(c1sccc1Cl)C1CCS(=O)(=O)C1. The van der Waals surface area contributed by atoms with Crippen molar-refractivity contribution in [3.05, 3.63) is 21.3 Å². The molecule has 1 aromatic heterocycles. The zero-order chi connectivity index (χ0) is 12.5. The van der Waals surface area contributed by atoms with Crippen LogP contribution in [-0.2, 0) is 9.84 Å². The standard InChI is InChI=1S/C11H16ClNO2S2/c1-2-13-10(11-9(12)3-5-16-11)8-4-6-17(14,15)7-8/h3,5,8,10,13H,2,4,6-7H2,1H3. The monoisotopic (exact) mass is 293 g/mol. The van der Waals surface area contributed by atoms with E-state index in [0.717, 1.165) is 22.9 Å². The van der Waals surface area contributed by atoms with Gasteiger partial charge in [0.1, 0.15) is 0 Å². The predicted molar refractivity (Wildman–Crippen MR) is 72.5 cm³/mol. The van der Waals surface area contributed by atoms with E-state index in [0.29, 0.717) is 5.75 Å². The van der Waals surface area contributed by atoms with Crippen molar-refractivity contribution in [3.8, 4) is 0 Å². The summed E-state index contributed by atoms with van der Waals surface area (Å²) in [5.74, 6) is 0.734. The molecule has 1 N–H and O–H groups in total. The van der Waals surface area contributed by atoms with Crippen LogP contribution in [0, 0.1) is 5.92 Å². The normalized spacial score (nSPS) is 24.9. The Morgan fingerprint density at radius 2 is 2.41 bits per heavy atom. The van der Waals surface area contributed by atoms with Gasteiger partial charge in [0.25, 0.3) is 0 Å². The largest absolute Gasteiger partial charge is 0.309 e. The van der Waals surface area contributed by atoms with Gasteiger partial charge in [-0.05, 0) is 30.3 Å². The van der Waals surface area contributed by atoms with Crippen molar-refractivity contribution >= 4 is 32.8 Å². The molecule has 2 atom stereocenters. The molecule has 0 spiro atoms. The maximum atomic E-state index is 11.5. The number of halogens is 1. The summed E-state index contributed by atoms with van der Waals surface area (Å²) in [6.45, 7) is 2.84. The minimum Gasteiger partial charge on any atom is -0.309 e. The lowest BCUT2D eigenvalue weighted by Crippen LogP contribution is -2.28. The van der Waals surface area contributed by atoms with Crippen LogP contribution in [0.15, 0.2) is 11.4 Å². The highest BCUT2D eigenvalue weighted by atomic mass is 35.5. The first-order chi connectivity index (χ1) is 8.03. The third-order valence-electron chi connectivity index (χ3n) is 3.09. The Balaban J connectivity index is 2.22. The van der Waals surface area contributed by atoms with Crippen molar-refractivity contribution in [1.29, 1.82) is 0 Å². The summed E-state index contributed by atoms with van der Waals surface area (Å²) in [6.07, 6.45) is 0.730. The van der Waals surface area contributed by atoms with Gasteiger partial charge in [-0.1, -0.05) is 18.5 Å². The lowest BCUT2D eigenvalue weighted by Gasteiger charge is -2.22. The molecule has 0 saturated carbocycles. The molecule has 2 heterocycles. The molecule has 2 unspecified atom stereocenters. The van der Waals surface area contributed by atoms with E-state index in [2.05, 4.69) is 5.32 Å². The van der Waals surface area contributed by atoms with Gasteiger partial charge in [-0.15, -0.1) is 11.3 Å². The van der Waals surface area contributed by atoms with E-state index in [4.69, 9.17) is 11.6 Å². The second-order valence-corrected chi connectivity index (χ2v) is 7.91. The molecule has 0 aromatic carbocycles. The number of hydrogen-bond acceptors (Lipinski definition) is 4. The van der Waals surface area contributed by atoms with Crippen LogP contribution in [0.2, 0.25) is 5.02 Å². The van der Waals surface area contributed by atoms with Crippen LogP contribution in [0.25, 0.3) is 0 Å². The summed E-state index contributed by atoms with van der Waals surface area (Å²) >= 11 is 7.74. The van der Waals surface area contributed by atoms with E-state index in [1.165, 1.54) is 0 Å². The minimum absolute atomic E-state index is 0.0739. The molecule has 0 radical (unpaired) electrons. The smallest absolute Gasteiger partial charge is 0.150 e. The number of hydrogen-bond donors (Lipinski definition) is 1. The summed E-state index contributed by atoms with van der Waals surface area (Å²) in [6, 6.07) is 1.94. The quantitative estimate of drug-likeness (QED) is 0.928. The summed E-state index contributed by atoms with van der Waals surface area (Å²) in [5.41, 5.74) is 0. The van der Waals surface area contributed by atoms with Gasteiger partial charge in [0.15, 0.2) is 9.84 Å². The second kappa shape index (κ2) is 5.26. The Hall–Kier alpha value is -0.100. The van der Waals surface area contributed by atoms with E-state index >= 15 is 0 Å². The van der Waals surface area contributed by atoms with E-state index < -0.39 is 9.84 Å². The van der Waals surface area contributed by atoms with Gasteiger partial charge in [0, 0.05) is 10.9 Å². The Kier molecular flexibility index (Phi) is 4.13. The molecule has 96 valence electrons. The van der Waals surface area contributed by atoms with Crippen molar-refractivity contribution in [2.24, 2.45) is 5.92 Å². The maximum absolute atomic E-state index is 11.5. The molecular weight excluding hydrogens is 278 g/mol. The average molecular weight is 294 g/mol. The first-order valence-electron chi connectivity index (χ1n) is 5.70. The molecule has 1 saturated heterocycles. The van der Waals surface area contributed by atoms with Crippen molar-refractivity contribution in [2.45, 2.75) is 19.4 Å². The average Bonchev–Trinajstić information content (AvgIpc) is 2.81. The van der Waals surface area contributed by atoms with Gasteiger partial charge in [-0.2, -0.15) is 0 Å². The highest BCUT2D eigenvalue weighted by Gasteiger charge is 2.35. The van der Waals surface area contributed by atoms with Gasteiger partial charge in [-0.25, -0.2) is 8.42 Å². The molecule has 2 rings (SSSR count). The molecule has 1 aliphatic rings. The summed E-state index contributed by atoms with van der Waals surface area (Å²) < 4.78 is 23.1. The lowest BCUT2D eigenvalue weighted by molar-refractivity contribution is 0.406. The van der Waals surface area contributed by atoms with Crippen molar-refractivity contribution in [3.63, 3.8) is 0 Å². The molecule has 6 heteroatoms. The van der Waals surface area contributed by atoms with E-state index in [9.17, 15) is 8.42 Å². The van der Waals surface area contributed by atoms with Gasteiger partial charge in [-0.3, -0.25) is 0 Å². The molecular formula is C11H16ClNO2S2. The van der Waals surface area contributed by atoms with Crippen LogP contribution < -0.4 is 5.32 Å². The molecule has 0 bridgehead atoms. The van der Waals surface area contributed by atoms with Crippen LogP contribution in [0.1, 0.15) is 24.3 Å². The lowest BCUT2D eigenvalue weighted by atomic mass is 9.98. The number of nitrogens with one attached hydrogen (secondary N) is 1. The molecule has 0 aliphatic carbocycles. The Bertz CT molecular complexity index is 483. The van der Waals surface area contributed by atoms with Crippen LogP contribution in [0.5, 0.6) is 0 Å². The predicted octanol–water partition coefficient (Wildman–Crippen LogP) is 2.49. The summed E-state index contributed by atoms with van der Waals surface area (Å²) in [7, 11) is -2.84. The molecule has 1 fully saturated rings. The fraction of sp³-hybridized carbons (Fsp3) is 0.636. The van der Waals surface area contributed by atoms with Crippen LogP contribution in [0.4, 0.5) is 0 Å². The fourth-order valence-corrected chi connectivity index (χ4v) is 5.49. The van der Waals surface area contributed by atoms with Gasteiger partial charge >= 0.3 is 0 Å². The van der Waals surface area contributed by atoms with Gasteiger partial charge in [0.2, 0.25) is 0 Å². The van der Waals surface area contributed by atoms with Crippen LogP contribution >= 0.6 is 22.9 Å². The van der Waals surface area contributed by atoms with E-state index in [-0.39, 0.29) is 17.7 Å². The molecule has 1 aromatic rings. The molecule has 0 amide bonds. The van der Waals surface area contributed by atoms with Crippen LogP contribution in [0.3, 0.4) is 0 Å². The van der Waals surface area contributed by atoms with E-state index in [1.54, 1.807) is 11.3 Å². The first kappa shape index (κ1) is 13.3. The first-order valence-corrected chi connectivity index (χ1v) is 8.78. The van der Waals surface area contributed by atoms with Crippen molar-refractivity contribution < 1.29 is 8.42 Å². The Morgan fingerprint density at radius 3 is 2.88 bits per heavy atom. The minimum atomic E-state index is -2.84. The van der Waals surface area contributed by atoms with Gasteiger partial charge < -0.3 is 5.32 Å². The molecule has 1 aliphatic heterocycles. The zero-order valence-corrected chi connectivity index (χ0v) is 12.0. The van der Waals surface area contributed by atoms with Gasteiger partial charge in [0.05, 0.1) is 16.5 Å². The topological polar surface area (TPSA) is 46.2 Å². The third kappa shape index (κ3) is 3.02. The molecule has 17 heavy (non-hydrogen) atoms. The number of rotatable bonds is 4. The Morgan fingerprint density at radius 1 is 1.65 bits per heavy atom. The number of thiophene rings is 1. The third-order valence-corrected chi connectivity index (χ3v) is 6.33. The highest BCUT2D eigenvalue weighted by Crippen LogP contribution is 2.37. The Labute approximate surface area is 111 Å².